The number of rotatable bonds is 7. The number of nitrogens with one attached hydrogen (secondary N) is 1. The molecular weight excluding hydrogens is 297 g/mol. The Balaban J connectivity index is 1.95. The third-order valence-corrected chi connectivity index (χ3v) is 4.37. The highest BCUT2D eigenvalue weighted by molar-refractivity contribution is 7.89. The van der Waals surface area contributed by atoms with Crippen molar-refractivity contribution in [2.24, 2.45) is 0 Å². The van der Waals surface area contributed by atoms with Gasteiger partial charge in [-0.3, -0.25) is 4.68 Å². The Hall–Kier alpha value is -1.77. The Morgan fingerprint density at radius 3 is 2.86 bits per heavy atom. The predicted octanol–water partition coefficient (Wildman–Crippen LogP) is 0.883. The Kier molecular flexibility index (Phi) is 5.05. The van der Waals surface area contributed by atoms with Crippen LogP contribution < -0.4 is 4.72 Å². The molecule has 0 bridgehead atoms. The molecule has 0 aliphatic carbocycles. The SMILES string of the molecule is O=S(=O)(NCCCn1cccn1)c1ccc(F)c(CO)c1. The molecule has 0 unspecified atom stereocenters. The van der Waals surface area contributed by atoms with Crippen LogP contribution in [-0.2, 0) is 23.2 Å². The minimum atomic E-state index is -3.71. The summed E-state index contributed by atoms with van der Waals surface area (Å²) in [5.74, 6) is -0.630. The molecular formula is C13H16FN3O3S. The number of sulfonamides is 1. The molecule has 8 heteroatoms. The van der Waals surface area contributed by atoms with E-state index in [0.29, 0.717) is 13.0 Å². The molecule has 2 aromatic rings. The van der Waals surface area contributed by atoms with Gasteiger partial charge in [0.05, 0.1) is 11.5 Å². The van der Waals surface area contributed by atoms with Gasteiger partial charge < -0.3 is 5.11 Å². The summed E-state index contributed by atoms with van der Waals surface area (Å²) in [4.78, 5) is -0.0629. The van der Waals surface area contributed by atoms with Crippen molar-refractivity contribution in [1.29, 1.82) is 0 Å². The van der Waals surface area contributed by atoms with Crippen LogP contribution in [0.2, 0.25) is 0 Å². The van der Waals surface area contributed by atoms with Gasteiger partial charge in [0.1, 0.15) is 5.82 Å². The number of aliphatic hydroxyl groups is 1. The van der Waals surface area contributed by atoms with Crippen molar-refractivity contribution >= 4 is 10.0 Å². The van der Waals surface area contributed by atoms with E-state index >= 15 is 0 Å². The summed E-state index contributed by atoms with van der Waals surface area (Å²) < 4.78 is 41.4. The highest BCUT2D eigenvalue weighted by atomic mass is 32.2. The zero-order chi connectivity index (χ0) is 15.3. The van der Waals surface area contributed by atoms with E-state index in [4.69, 9.17) is 5.11 Å². The number of benzene rings is 1. The van der Waals surface area contributed by atoms with Gasteiger partial charge in [-0.1, -0.05) is 0 Å². The lowest BCUT2D eigenvalue weighted by Gasteiger charge is -2.08. The second-order valence-corrected chi connectivity index (χ2v) is 6.20. The molecule has 0 spiro atoms. The molecule has 0 aliphatic rings. The molecule has 1 aromatic carbocycles. The topological polar surface area (TPSA) is 84.2 Å². The Morgan fingerprint density at radius 2 is 2.19 bits per heavy atom. The number of nitrogens with zero attached hydrogens (tertiary/aromatic N) is 2. The number of hydrogen-bond acceptors (Lipinski definition) is 4. The Morgan fingerprint density at radius 1 is 1.38 bits per heavy atom. The van der Waals surface area contributed by atoms with Gasteiger partial charge in [0, 0.05) is 31.0 Å². The first kappa shape index (κ1) is 15.6. The maximum atomic E-state index is 13.2. The number of aliphatic hydroxyl groups excluding tert-OH is 1. The molecule has 0 saturated heterocycles. The minimum absolute atomic E-state index is 0.0468. The van der Waals surface area contributed by atoms with Crippen LogP contribution in [-0.4, -0.2) is 29.8 Å². The van der Waals surface area contributed by atoms with E-state index in [1.165, 1.54) is 6.07 Å². The third kappa shape index (κ3) is 4.10. The first-order chi connectivity index (χ1) is 10.0. The smallest absolute Gasteiger partial charge is 0.240 e. The summed E-state index contributed by atoms with van der Waals surface area (Å²) in [6, 6.07) is 5.12. The molecule has 0 saturated carbocycles. The first-order valence-corrected chi connectivity index (χ1v) is 7.87. The van der Waals surface area contributed by atoms with E-state index in [1.807, 2.05) is 0 Å². The van der Waals surface area contributed by atoms with Gasteiger partial charge in [-0.25, -0.2) is 17.5 Å². The van der Waals surface area contributed by atoms with E-state index in [-0.39, 0.29) is 17.0 Å². The van der Waals surface area contributed by atoms with Gasteiger partial charge in [0.15, 0.2) is 0 Å². The highest BCUT2D eigenvalue weighted by Crippen LogP contribution is 2.15. The van der Waals surface area contributed by atoms with Crippen LogP contribution in [0, 0.1) is 5.82 Å². The summed E-state index contributed by atoms with van der Waals surface area (Å²) in [6.07, 6.45) is 4.02. The number of aryl methyl sites for hydroxylation is 1. The van der Waals surface area contributed by atoms with Crippen molar-refractivity contribution < 1.29 is 17.9 Å². The summed E-state index contributed by atoms with van der Waals surface area (Å²) >= 11 is 0. The highest BCUT2D eigenvalue weighted by Gasteiger charge is 2.15. The van der Waals surface area contributed by atoms with Crippen LogP contribution in [0.1, 0.15) is 12.0 Å². The van der Waals surface area contributed by atoms with Gasteiger partial charge >= 0.3 is 0 Å². The summed E-state index contributed by atoms with van der Waals surface area (Å²) in [6.45, 7) is 0.295. The third-order valence-electron chi connectivity index (χ3n) is 2.91. The lowest BCUT2D eigenvalue weighted by molar-refractivity contribution is 0.275. The van der Waals surface area contributed by atoms with Gasteiger partial charge in [-0.2, -0.15) is 5.10 Å². The molecule has 0 fully saturated rings. The van der Waals surface area contributed by atoms with Crippen molar-refractivity contribution in [3.8, 4) is 0 Å². The van der Waals surface area contributed by atoms with E-state index in [0.717, 1.165) is 12.1 Å². The molecule has 21 heavy (non-hydrogen) atoms. The monoisotopic (exact) mass is 313 g/mol. The maximum Gasteiger partial charge on any atom is 0.240 e. The summed E-state index contributed by atoms with van der Waals surface area (Å²) in [5, 5.41) is 13.0. The minimum Gasteiger partial charge on any atom is -0.392 e. The Bertz CT molecular complexity index is 687. The van der Waals surface area contributed by atoms with Crippen molar-refractivity contribution in [2.45, 2.75) is 24.5 Å². The van der Waals surface area contributed by atoms with Crippen LogP contribution in [0.15, 0.2) is 41.6 Å². The zero-order valence-electron chi connectivity index (χ0n) is 11.2. The fourth-order valence-electron chi connectivity index (χ4n) is 1.80. The zero-order valence-corrected chi connectivity index (χ0v) is 12.1. The van der Waals surface area contributed by atoms with Gasteiger partial charge in [0.2, 0.25) is 10.0 Å². The maximum absolute atomic E-state index is 13.2. The van der Waals surface area contributed by atoms with Gasteiger partial charge in [0.25, 0.3) is 0 Å². The summed E-state index contributed by atoms with van der Waals surface area (Å²) in [5.41, 5.74) is -0.0468. The van der Waals surface area contributed by atoms with Crippen LogP contribution in [0.25, 0.3) is 0 Å². The lowest BCUT2D eigenvalue weighted by atomic mass is 10.2. The second-order valence-electron chi connectivity index (χ2n) is 4.43. The normalized spacial score (nSPS) is 11.7. The Labute approximate surface area is 122 Å². The molecule has 1 heterocycles. The lowest BCUT2D eigenvalue weighted by Crippen LogP contribution is -2.25. The standard InChI is InChI=1S/C13H16FN3O3S/c14-13-4-3-12(9-11(13)10-18)21(19,20)16-6-2-8-17-7-1-5-15-17/h1,3-5,7,9,16,18H,2,6,8,10H2. The van der Waals surface area contributed by atoms with Crippen molar-refractivity contribution in [3.63, 3.8) is 0 Å². The fourth-order valence-corrected chi connectivity index (χ4v) is 2.93. The van der Waals surface area contributed by atoms with Crippen LogP contribution in [0.5, 0.6) is 0 Å². The van der Waals surface area contributed by atoms with Crippen molar-refractivity contribution in [1.82, 2.24) is 14.5 Å². The average molecular weight is 313 g/mol. The van der Waals surface area contributed by atoms with E-state index in [1.54, 1.807) is 23.1 Å². The molecule has 0 aliphatic heterocycles. The van der Waals surface area contributed by atoms with Crippen molar-refractivity contribution in [3.05, 3.63) is 48.0 Å². The predicted molar refractivity (Wildman–Crippen MR) is 74.4 cm³/mol. The molecule has 2 N–H and O–H groups in total. The molecule has 2 rings (SSSR count). The number of aromatic nitrogens is 2. The van der Waals surface area contributed by atoms with E-state index < -0.39 is 22.4 Å². The van der Waals surface area contributed by atoms with Crippen LogP contribution in [0.3, 0.4) is 0 Å². The number of hydrogen-bond donors (Lipinski definition) is 2. The van der Waals surface area contributed by atoms with Gasteiger partial charge in [-0.05, 0) is 30.7 Å². The van der Waals surface area contributed by atoms with Gasteiger partial charge in [-0.15, -0.1) is 0 Å². The largest absolute Gasteiger partial charge is 0.392 e. The summed E-state index contributed by atoms with van der Waals surface area (Å²) in [7, 11) is -3.71. The second kappa shape index (κ2) is 6.79. The van der Waals surface area contributed by atoms with Crippen LogP contribution >= 0.6 is 0 Å². The first-order valence-electron chi connectivity index (χ1n) is 6.39. The molecule has 0 radical (unpaired) electrons. The van der Waals surface area contributed by atoms with Crippen molar-refractivity contribution in [2.75, 3.05) is 6.54 Å². The molecule has 114 valence electrons. The number of halogens is 1. The van der Waals surface area contributed by atoms with E-state index in [9.17, 15) is 12.8 Å². The van der Waals surface area contributed by atoms with Crippen LogP contribution in [0.4, 0.5) is 4.39 Å². The molecule has 0 amide bonds. The average Bonchev–Trinajstić information content (AvgIpc) is 2.97. The molecule has 1 aromatic heterocycles. The fraction of sp³-hybridized carbons (Fsp3) is 0.308. The quantitative estimate of drug-likeness (QED) is 0.743. The van der Waals surface area contributed by atoms with E-state index in [2.05, 4.69) is 9.82 Å². The molecule has 0 atom stereocenters. The molecule has 6 nitrogen and oxygen atoms in total.